The van der Waals surface area contributed by atoms with Gasteiger partial charge in [0.2, 0.25) is 11.8 Å². The number of amides is 2. The minimum absolute atomic E-state index is 0.0158. The number of rotatable bonds is 11. The number of aliphatic hydroxyl groups excluding tert-OH is 1. The number of unbranched alkanes of at least 4 members (excludes halogenated alkanes) is 1. The molecule has 2 N–H and O–H groups in total. The van der Waals surface area contributed by atoms with Gasteiger partial charge in [-0.05, 0) is 32.6 Å². The van der Waals surface area contributed by atoms with E-state index in [0.717, 1.165) is 13.1 Å². The molecule has 4 aliphatic rings. The van der Waals surface area contributed by atoms with E-state index < -0.39 is 33.3 Å². The number of carbonyl (C=O) groups excluding carboxylic acids is 2. The molecule has 10 heteroatoms. The number of carbonyl (C=O) groups is 3. The van der Waals surface area contributed by atoms with E-state index in [0.29, 0.717) is 65.1 Å². The van der Waals surface area contributed by atoms with Crippen molar-refractivity contribution in [1.82, 2.24) is 14.7 Å². The number of likely N-dealkylation sites (tertiary alicyclic amines) is 1. The first-order valence-corrected chi connectivity index (χ1v) is 13.1. The summed E-state index contributed by atoms with van der Waals surface area (Å²) in [6, 6.07) is -0.690. The highest BCUT2D eigenvalue weighted by molar-refractivity contribution is 8.02. The number of carboxylic acid groups (broad SMARTS) is 1. The van der Waals surface area contributed by atoms with Crippen LogP contribution in [0, 0.1) is 11.8 Å². The van der Waals surface area contributed by atoms with Gasteiger partial charge in [0.1, 0.15) is 6.04 Å². The third kappa shape index (κ3) is 4.27. The van der Waals surface area contributed by atoms with Crippen LogP contribution in [0.15, 0.2) is 12.7 Å². The van der Waals surface area contributed by atoms with Crippen molar-refractivity contribution >= 4 is 29.5 Å². The number of hydrogen-bond donors (Lipinski definition) is 2. The number of thioether (sulfide) groups is 1. The van der Waals surface area contributed by atoms with Gasteiger partial charge < -0.3 is 24.7 Å². The third-order valence-electron chi connectivity index (χ3n) is 8.03. The fraction of sp³-hybridized carbons (Fsp3) is 0.792. The summed E-state index contributed by atoms with van der Waals surface area (Å²) >= 11 is 1.56. The molecule has 9 nitrogen and oxygen atoms in total. The van der Waals surface area contributed by atoms with Crippen molar-refractivity contribution in [2.24, 2.45) is 11.8 Å². The summed E-state index contributed by atoms with van der Waals surface area (Å²) in [5.41, 5.74) is 0. The zero-order valence-corrected chi connectivity index (χ0v) is 20.8. The van der Waals surface area contributed by atoms with Gasteiger partial charge in [0.15, 0.2) is 0 Å². The van der Waals surface area contributed by atoms with Crippen LogP contribution in [0.25, 0.3) is 0 Å². The molecule has 5 atom stereocenters. The fourth-order valence-corrected chi connectivity index (χ4v) is 8.77. The molecular formula is C24H37N3O6S. The Morgan fingerprint density at radius 1 is 1.26 bits per heavy atom. The lowest BCUT2D eigenvalue weighted by molar-refractivity contribution is -0.150. The number of carboxylic acids is 1. The summed E-state index contributed by atoms with van der Waals surface area (Å²) in [6.45, 7) is 10.8. The van der Waals surface area contributed by atoms with Crippen LogP contribution < -0.4 is 0 Å². The smallest absolute Gasteiger partial charge is 0.308 e. The Morgan fingerprint density at radius 3 is 2.65 bits per heavy atom. The zero-order chi connectivity index (χ0) is 24.5. The maximum atomic E-state index is 14.1. The zero-order valence-electron chi connectivity index (χ0n) is 20.0. The number of nitrogens with zero attached hydrogens (tertiary/aromatic N) is 3. The van der Waals surface area contributed by atoms with Crippen LogP contribution in [-0.2, 0) is 19.1 Å². The summed E-state index contributed by atoms with van der Waals surface area (Å²) in [6.07, 6.45) is 4.15. The summed E-state index contributed by atoms with van der Waals surface area (Å²) in [4.78, 5) is 45.8. The predicted molar refractivity (Wildman–Crippen MR) is 128 cm³/mol. The minimum Gasteiger partial charge on any atom is -0.481 e. The van der Waals surface area contributed by atoms with Crippen LogP contribution in [0.1, 0.15) is 32.6 Å². The summed E-state index contributed by atoms with van der Waals surface area (Å²) in [7, 11) is 0. The standard InChI is InChI=1S/C24H37N3O6S/c1-3-8-26(11-10-25-12-15-33-16-13-25)21(30)19-24-7-6-23(2,34-24)18(22(31)32)17(24)20(29)27(19)9-4-5-14-28/h3,17-19,28H,1,4-16H2,2H3,(H,31,32)/t17-,18-,19?,23+,24?/m0/s1. The molecular weight excluding hydrogens is 458 g/mol. The molecule has 2 bridgehead atoms. The normalized spacial score (nSPS) is 34.9. The van der Waals surface area contributed by atoms with Crippen molar-refractivity contribution in [2.75, 3.05) is 59.1 Å². The molecule has 4 aliphatic heterocycles. The minimum atomic E-state index is -0.950. The lowest BCUT2D eigenvalue weighted by atomic mass is 9.66. The number of fused-ring (bicyclic) bond motifs is 1. The number of aliphatic carboxylic acids is 1. The molecule has 0 aromatic rings. The van der Waals surface area contributed by atoms with E-state index in [1.54, 1.807) is 27.6 Å². The molecule has 0 aromatic heterocycles. The van der Waals surface area contributed by atoms with E-state index in [1.165, 1.54) is 0 Å². The molecule has 0 saturated carbocycles. The van der Waals surface area contributed by atoms with Crippen molar-refractivity contribution in [3.8, 4) is 0 Å². The first kappa shape index (κ1) is 25.5. The SMILES string of the molecule is C=CCN(CCN1CCOCC1)C(=O)C1N(CCCCO)C(=O)[C@@H]2[C@@H](C(=O)O)[C@@]3(C)CCC12S3. The van der Waals surface area contributed by atoms with Crippen LogP contribution in [0.5, 0.6) is 0 Å². The van der Waals surface area contributed by atoms with Crippen molar-refractivity contribution in [3.05, 3.63) is 12.7 Å². The highest BCUT2D eigenvalue weighted by Gasteiger charge is 2.77. The van der Waals surface area contributed by atoms with Gasteiger partial charge in [0.05, 0.1) is 29.8 Å². The Bertz CT molecular complexity index is 821. The Balaban J connectivity index is 1.62. The number of hydrogen-bond acceptors (Lipinski definition) is 7. The molecule has 2 unspecified atom stereocenters. The van der Waals surface area contributed by atoms with Crippen molar-refractivity contribution in [1.29, 1.82) is 0 Å². The van der Waals surface area contributed by atoms with Gasteiger partial charge in [-0.2, -0.15) is 0 Å². The second-order valence-corrected chi connectivity index (χ2v) is 12.0. The second kappa shape index (κ2) is 10.2. The van der Waals surface area contributed by atoms with E-state index in [1.807, 2.05) is 6.92 Å². The Morgan fingerprint density at radius 2 is 2.00 bits per heavy atom. The van der Waals surface area contributed by atoms with Crippen LogP contribution in [0.4, 0.5) is 0 Å². The van der Waals surface area contributed by atoms with E-state index in [9.17, 15) is 24.6 Å². The highest BCUT2D eigenvalue weighted by atomic mass is 32.2. The molecule has 0 radical (unpaired) electrons. The van der Waals surface area contributed by atoms with Gasteiger partial charge in [0.25, 0.3) is 0 Å². The first-order chi connectivity index (χ1) is 16.3. The first-order valence-electron chi connectivity index (χ1n) is 12.3. The molecule has 4 fully saturated rings. The molecule has 190 valence electrons. The Labute approximate surface area is 205 Å². The predicted octanol–water partition coefficient (Wildman–Crippen LogP) is 0.672. The topological polar surface area (TPSA) is 111 Å². The van der Waals surface area contributed by atoms with E-state index >= 15 is 0 Å². The highest BCUT2D eigenvalue weighted by Crippen LogP contribution is 2.71. The van der Waals surface area contributed by atoms with Crippen LogP contribution in [-0.4, -0.2) is 117 Å². The summed E-state index contributed by atoms with van der Waals surface area (Å²) in [5.74, 6) is -2.77. The summed E-state index contributed by atoms with van der Waals surface area (Å²) < 4.78 is 4.16. The molecule has 4 saturated heterocycles. The van der Waals surface area contributed by atoms with Crippen molar-refractivity contribution < 1.29 is 29.3 Å². The Kier molecular flexibility index (Phi) is 7.61. The maximum Gasteiger partial charge on any atom is 0.308 e. The number of aliphatic hydroxyl groups is 1. The molecule has 1 spiro atoms. The van der Waals surface area contributed by atoms with Gasteiger partial charge in [-0.25, -0.2) is 0 Å². The fourth-order valence-electron chi connectivity index (χ4n) is 6.42. The van der Waals surface area contributed by atoms with Gasteiger partial charge in [-0.1, -0.05) is 6.08 Å². The average molecular weight is 496 g/mol. The molecule has 4 heterocycles. The molecule has 0 aromatic carbocycles. The van der Waals surface area contributed by atoms with E-state index in [4.69, 9.17) is 4.74 Å². The van der Waals surface area contributed by atoms with Crippen molar-refractivity contribution in [3.63, 3.8) is 0 Å². The number of morpholine rings is 1. The molecule has 2 amide bonds. The maximum absolute atomic E-state index is 14.1. The second-order valence-electron chi connectivity index (χ2n) is 10.1. The van der Waals surface area contributed by atoms with E-state index in [2.05, 4.69) is 11.5 Å². The quantitative estimate of drug-likeness (QED) is 0.318. The van der Waals surface area contributed by atoms with Gasteiger partial charge in [0, 0.05) is 50.6 Å². The molecule has 0 aliphatic carbocycles. The number of ether oxygens (including phenoxy) is 1. The van der Waals surface area contributed by atoms with Gasteiger partial charge in [-0.15, -0.1) is 18.3 Å². The van der Waals surface area contributed by atoms with Crippen molar-refractivity contribution in [2.45, 2.75) is 48.1 Å². The van der Waals surface area contributed by atoms with Gasteiger partial charge >= 0.3 is 5.97 Å². The van der Waals surface area contributed by atoms with E-state index in [-0.39, 0.29) is 18.4 Å². The molecule has 34 heavy (non-hydrogen) atoms. The van der Waals surface area contributed by atoms with Gasteiger partial charge in [-0.3, -0.25) is 19.3 Å². The third-order valence-corrected chi connectivity index (χ3v) is 10.0. The average Bonchev–Trinajstić information content (AvgIpc) is 3.38. The lowest BCUT2D eigenvalue weighted by Crippen LogP contribution is -2.56. The largest absolute Gasteiger partial charge is 0.481 e. The van der Waals surface area contributed by atoms with Crippen LogP contribution in [0.2, 0.25) is 0 Å². The lowest BCUT2D eigenvalue weighted by Gasteiger charge is -2.38. The molecule has 4 rings (SSSR count). The van der Waals surface area contributed by atoms with Crippen LogP contribution in [0.3, 0.4) is 0 Å². The monoisotopic (exact) mass is 495 g/mol. The summed E-state index contributed by atoms with van der Waals surface area (Å²) in [5, 5.41) is 19.3. The van der Waals surface area contributed by atoms with Crippen LogP contribution >= 0.6 is 11.8 Å². The Hall–Kier alpha value is -1.62.